The Kier molecular flexibility index (Phi) is 2.90. The molecule has 22 heavy (non-hydrogen) atoms. The fraction of sp³-hybridized carbons (Fsp3) is 0. The van der Waals surface area contributed by atoms with Gasteiger partial charge in [0, 0.05) is 11.1 Å². The van der Waals surface area contributed by atoms with Crippen LogP contribution in [0.2, 0.25) is 0 Å². The fourth-order valence-corrected chi connectivity index (χ4v) is 2.72. The van der Waals surface area contributed by atoms with Gasteiger partial charge in [-0.15, -0.1) is 10.2 Å². The predicted molar refractivity (Wildman–Crippen MR) is 84.7 cm³/mol. The van der Waals surface area contributed by atoms with E-state index in [1.807, 2.05) is 18.2 Å². The lowest BCUT2D eigenvalue weighted by molar-refractivity contribution is 1.08. The summed E-state index contributed by atoms with van der Waals surface area (Å²) < 4.78 is 0. The minimum Gasteiger partial charge on any atom is -0.382 e. The molecule has 0 amide bonds. The van der Waals surface area contributed by atoms with Gasteiger partial charge in [-0.3, -0.25) is 10.1 Å². The van der Waals surface area contributed by atoms with E-state index < -0.39 is 0 Å². The molecule has 3 aromatic heterocycles. The molecular formula is C13H10N8S. The molecule has 0 saturated carbocycles. The second-order valence-electron chi connectivity index (χ2n) is 4.54. The van der Waals surface area contributed by atoms with Crippen LogP contribution in [0.25, 0.3) is 21.6 Å². The SMILES string of the molecule is Nc1cncc(-c2nnc(Nc3ccc4[nH]ncc4c3)s2)n1. The molecule has 4 aromatic rings. The van der Waals surface area contributed by atoms with Gasteiger partial charge in [0.1, 0.15) is 11.5 Å². The molecule has 0 spiro atoms. The lowest BCUT2D eigenvalue weighted by Gasteiger charge is -2.01. The monoisotopic (exact) mass is 310 g/mol. The van der Waals surface area contributed by atoms with Crippen LogP contribution in [0.3, 0.4) is 0 Å². The first kappa shape index (κ1) is 12.7. The molecule has 1 aromatic carbocycles. The van der Waals surface area contributed by atoms with Crippen LogP contribution >= 0.6 is 11.3 Å². The van der Waals surface area contributed by atoms with Crippen LogP contribution in [-0.4, -0.2) is 30.4 Å². The van der Waals surface area contributed by atoms with Crippen molar-refractivity contribution in [2.75, 3.05) is 11.1 Å². The zero-order valence-electron chi connectivity index (χ0n) is 11.2. The van der Waals surface area contributed by atoms with Crippen LogP contribution in [-0.2, 0) is 0 Å². The number of H-pyrrole nitrogens is 1. The first-order chi connectivity index (χ1) is 10.8. The molecule has 9 heteroatoms. The molecule has 108 valence electrons. The molecule has 0 aliphatic carbocycles. The molecular weight excluding hydrogens is 300 g/mol. The Hall–Kier alpha value is -3.07. The van der Waals surface area contributed by atoms with Gasteiger partial charge in [-0.2, -0.15) is 5.10 Å². The maximum Gasteiger partial charge on any atom is 0.210 e. The Morgan fingerprint density at radius 3 is 3.00 bits per heavy atom. The molecule has 0 atom stereocenters. The van der Waals surface area contributed by atoms with Crippen molar-refractivity contribution in [2.24, 2.45) is 0 Å². The smallest absolute Gasteiger partial charge is 0.210 e. The third-order valence-corrected chi connectivity index (χ3v) is 3.85. The summed E-state index contributed by atoms with van der Waals surface area (Å²) in [4.78, 5) is 8.18. The number of nitrogens with two attached hydrogens (primary N) is 1. The maximum absolute atomic E-state index is 5.63. The number of fused-ring (bicyclic) bond motifs is 1. The molecule has 0 bridgehead atoms. The molecule has 0 radical (unpaired) electrons. The van der Waals surface area contributed by atoms with Crippen LogP contribution < -0.4 is 11.1 Å². The van der Waals surface area contributed by atoms with Crippen LogP contribution in [0.1, 0.15) is 0 Å². The van der Waals surface area contributed by atoms with Crippen molar-refractivity contribution in [3.05, 3.63) is 36.8 Å². The quantitative estimate of drug-likeness (QED) is 0.530. The van der Waals surface area contributed by atoms with Crippen molar-refractivity contribution in [2.45, 2.75) is 0 Å². The van der Waals surface area contributed by atoms with Gasteiger partial charge in [0.15, 0.2) is 5.01 Å². The molecule has 4 N–H and O–H groups in total. The summed E-state index contributed by atoms with van der Waals surface area (Å²) in [5, 5.41) is 20.7. The van der Waals surface area contributed by atoms with E-state index in [0.29, 0.717) is 21.7 Å². The van der Waals surface area contributed by atoms with Crippen molar-refractivity contribution in [1.29, 1.82) is 0 Å². The summed E-state index contributed by atoms with van der Waals surface area (Å²) in [5.41, 5.74) is 8.13. The Bertz CT molecular complexity index is 944. The van der Waals surface area contributed by atoms with E-state index >= 15 is 0 Å². The zero-order valence-corrected chi connectivity index (χ0v) is 12.0. The second-order valence-corrected chi connectivity index (χ2v) is 5.52. The third-order valence-electron chi connectivity index (χ3n) is 2.99. The van der Waals surface area contributed by atoms with Crippen molar-refractivity contribution in [1.82, 2.24) is 30.4 Å². The summed E-state index contributed by atoms with van der Waals surface area (Å²) in [6.45, 7) is 0. The highest BCUT2D eigenvalue weighted by Crippen LogP contribution is 2.28. The van der Waals surface area contributed by atoms with E-state index in [2.05, 4.69) is 35.7 Å². The first-order valence-electron chi connectivity index (χ1n) is 6.39. The minimum absolute atomic E-state index is 0.354. The van der Waals surface area contributed by atoms with E-state index in [1.165, 1.54) is 17.5 Å². The van der Waals surface area contributed by atoms with Crippen molar-refractivity contribution < 1.29 is 0 Å². The van der Waals surface area contributed by atoms with Gasteiger partial charge in [0.05, 0.1) is 24.1 Å². The number of nitrogen functional groups attached to an aromatic ring is 1. The Labute approximate surface area is 128 Å². The van der Waals surface area contributed by atoms with Crippen molar-refractivity contribution in [3.8, 4) is 10.7 Å². The van der Waals surface area contributed by atoms with Crippen molar-refractivity contribution >= 4 is 38.9 Å². The maximum atomic E-state index is 5.63. The topological polar surface area (TPSA) is 118 Å². The summed E-state index contributed by atoms with van der Waals surface area (Å²) >= 11 is 1.38. The summed E-state index contributed by atoms with van der Waals surface area (Å²) in [6.07, 6.45) is 4.87. The fourth-order valence-electron chi connectivity index (χ4n) is 2.01. The van der Waals surface area contributed by atoms with Gasteiger partial charge in [0.2, 0.25) is 5.13 Å². The molecule has 3 heterocycles. The van der Waals surface area contributed by atoms with E-state index in [-0.39, 0.29) is 0 Å². The first-order valence-corrected chi connectivity index (χ1v) is 7.21. The second kappa shape index (κ2) is 5.04. The minimum atomic E-state index is 0.354. The predicted octanol–water partition coefficient (Wildman–Crippen LogP) is 2.20. The molecule has 0 fully saturated rings. The van der Waals surface area contributed by atoms with E-state index in [1.54, 1.807) is 12.4 Å². The van der Waals surface area contributed by atoms with Crippen LogP contribution in [0.4, 0.5) is 16.6 Å². The van der Waals surface area contributed by atoms with Gasteiger partial charge < -0.3 is 11.1 Å². The Morgan fingerprint density at radius 2 is 2.09 bits per heavy atom. The number of nitrogens with zero attached hydrogens (tertiary/aromatic N) is 5. The van der Waals surface area contributed by atoms with Gasteiger partial charge >= 0.3 is 0 Å². The molecule has 0 aliphatic heterocycles. The number of anilines is 3. The highest BCUT2D eigenvalue weighted by Gasteiger charge is 2.09. The Morgan fingerprint density at radius 1 is 1.14 bits per heavy atom. The molecule has 0 saturated heterocycles. The van der Waals surface area contributed by atoms with Gasteiger partial charge in [-0.05, 0) is 18.2 Å². The number of rotatable bonds is 3. The third kappa shape index (κ3) is 2.33. The average Bonchev–Trinajstić information content (AvgIpc) is 3.16. The molecule has 8 nitrogen and oxygen atoms in total. The van der Waals surface area contributed by atoms with Crippen molar-refractivity contribution in [3.63, 3.8) is 0 Å². The zero-order chi connectivity index (χ0) is 14.9. The number of hydrogen-bond acceptors (Lipinski definition) is 8. The Balaban J connectivity index is 1.61. The highest BCUT2D eigenvalue weighted by atomic mass is 32.1. The van der Waals surface area contributed by atoms with E-state index in [0.717, 1.165) is 16.6 Å². The lowest BCUT2D eigenvalue weighted by Crippen LogP contribution is -1.93. The molecule has 0 unspecified atom stereocenters. The lowest BCUT2D eigenvalue weighted by atomic mass is 10.2. The molecule has 0 aliphatic rings. The average molecular weight is 310 g/mol. The normalized spacial score (nSPS) is 10.9. The van der Waals surface area contributed by atoms with Crippen LogP contribution in [0, 0.1) is 0 Å². The number of nitrogens with one attached hydrogen (secondary N) is 2. The standard InChI is InChI=1S/C13H10N8S/c14-11-6-15-5-10(18-11)12-20-21-13(22-12)17-8-1-2-9-7(3-8)4-16-19-9/h1-6H,(H2,14,18)(H,16,19)(H,17,21). The number of aromatic amines is 1. The highest BCUT2D eigenvalue weighted by molar-refractivity contribution is 7.18. The largest absolute Gasteiger partial charge is 0.382 e. The summed E-state index contributed by atoms with van der Waals surface area (Å²) in [6, 6.07) is 5.89. The molecule has 4 rings (SSSR count). The summed E-state index contributed by atoms with van der Waals surface area (Å²) in [5.74, 6) is 0.354. The van der Waals surface area contributed by atoms with Crippen LogP contribution in [0.15, 0.2) is 36.8 Å². The van der Waals surface area contributed by atoms with Gasteiger partial charge in [0.25, 0.3) is 0 Å². The summed E-state index contributed by atoms with van der Waals surface area (Å²) in [7, 11) is 0. The van der Waals surface area contributed by atoms with Gasteiger partial charge in [-0.1, -0.05) is 11.3 Å². The van der Waals surface area contributed by atoms with E-state index in [4.69, 9.17) is 5.73 Å². The number of hydrogen-bond donors (Lipinski definition) is 3. The van der Waals surface area contributed by atoms with E-state index in [9.17, 15) is 0 Å². The van der Waals surface area contributed by atoms with Crippen LogP contribution in [0.5, 0.6) is 0 Å². The van der Waals surface area contributed by atoms with Gasteiger partial charge in [-0.25, -0.2) is 4.98 Å². The number of aromatic nitrogens is 6. The number of benzene rings is 1.